The Morgan fingerprint density at radius 2 is 1.96 bits per heavy atom. The van der Waals surface area contributed by atoms with E-state index in [9.17, 15) is 10.1 Å². The van der Waals surface area contributed by atoms with Crippen LogP contribution in [0.2, 0.25) is 10.0 Å². The van der Waals surface area contributed by atoms with Gasteiger partial charge in [0.15, 0.2) is 0 Å². The zero-order chi connectivity index (χ0) is 18.1. The molecule has 0 spiro atoms. The first-order chi connectivity index (χ1) is 11.9. The number of benzene rings is 1. The molecule has 10 heteroatoms. The van der Waals surface area contributed by atoms with E-state index in [1.54, 1.807) is 38.1 Å². The van der Waals surface area contributed by atoms with Crippen LogP contribution in [0.4, 0.5) is 17.2 Å². The molecule has 3 aromatic rings. The number of nitrogens with zero attached hydrogens (tertiary/aromatic N) is 5. The van der Waals surface area contributed by atoms with Crippen molar-refractivity contribution in [3.05, 3.63) is 62.1 Å². The average molecular weight is 379 g/mol. The van der Waals surface area contributed by atoms with E-state index in [4.69, 9.17) is 23.2 Å². The Balaban J connectivity index is 2.15. The lowest BCUT2D eigenvalue weighted by molar-refractivity contribution is -0.384. The predicted octanol–water partition coefficient (Wildman–Crippen LogP) is 4.24. The zero-order valence-electron chi connectivity index (χ0n) is 13.2. The van der Waals surface area contributed by atoms with E-state index in [1.807, 2.05) is 0 Å². The molecule has 1 N–H and O–H groups in total. The number of nitrogens with one attached hydrogen (secondary N) is 1. The molecule has 128 valence electrons. The molecule has 0 unspecified atom stereocenters. The highest BCUT2D eigenvalue weighted by Gasteiger charge is 2.26. The van der Waals surface area contributed by atoms with Gasteiger partial charge in [-0.1, -0.05) is 23.2 Å². The van der Waals surface area contributed by atoms with Gasteiger partial charge in [0.2, 0.25) is 11.6 Å². The van der Waals surface area contributed by atoms with Crippen LogP contribution < -0.4 is 5.32 Å². The van der Waals surface area contributed by atoms with Gasteiger partial charge >= 0.3 is 5.69 Å². The summed E-state index contributed by atoms with van der Waals surface area (Å²) < 4.78 is 1.40. The highest BCUT2D eigenvalue weighted by molar-refractivity contribution is 6.35. The molecule has 0 atom stereocenters. The second-order valence-corrected chi connectivity index (χ2v) is 6.08. The monoisotopic (exact) mass is 378 g/mol. The molecule has 1 aromatic carbocycles. The summed E-state index contributed by atoms with van der Waals surface area (Å²) in [6.45, 7) is 3.58. The number of hydrogen-bond acceptors (Lipinski definition) is 6. The maximum atomic E-state index is 11.7. The van der Waals surface area contributed by atoms with Crippen LogP contribution in [-0.4, -0.2) is 24.7 Å². The van der Waals surface area contributed by atoms with Crippen molar-refractivity contribution in [1.29, 1.82) is 0 Å². The molecule has 25 heavy (non-hydrogen) atoms. The first-order valence-electron chi connectivity index (χ1n) is 7.12. The second kappa shape index (κ2) is 6.66. The van der Waals surface area contributed by atoms with Crippen molar-refractivity contribution < 1.29 is 4.92 Å². The van der Waals surface area contributed by atoms with Crippen LogP contribution in [0.1, 0.15) is 11.4 Å². The van der Waals surface area contributed by atoms with E-state index in [1.165, 1.54) is 11.0 Å². The molecular formula is C15H12Cl2N6O2. The molecule has 0 aliphatic carbocycles. The molecular weight excluding hydrogens is 367 g/mol. The number of nitro groups is 1. The Hall–Kier alpha value is -2.71. The highest BCUT2D eigenvalue weighted by Crippen LogP contribution is 2.34. The normalized spacial score (nSPS) is 10.7. The minimum absolute atomic E-state index is 0.00767. The molecule has 2 heterocycles. The fourth-order valence-electron chi connectivity index (χ4n) is 2.35. The fourth-order valence-corrected chi connectivity index (χ4v) is 2.69. The second-order valence-electron chi connectivity index (χ2n) is 5.24. The summed E-state index contributed by atoms with van der Waals surface area (Å²) in [6.07, 6.45) is 1.22. The van der Waals surface area contributed by atoms with E-state index in [0.29, 0.717) is 21.4 Å². The summed E-state index contributed by atoms with van der Waals surface area (Å²) in [5, 5.41) is 19.5. The van der Waals surface area contributed by atoms with Crippen LogP contribution in [0, 0.1) is 24.0 Å². The first-order valence-corrected chi connectivity index (χ1v) is 7.87. The van der Waals surface area contributed by atoms with E-state index in [0.717, 1.165) is 5.69 Å². The Morgan fingerprint density at radius 1 is 1.20 bits per heavy atom. The van der Waals surface area contributed by atoms with Crippen LogP contribution >= 0.6 is 23.2 Å². The summed E-state index contributed by atoms with van der Waals surface area (Å²) in [7, 11) is 0. The number of hydrogen-bond donors (Lipinski definition) is 1. The van der Waals surface area contributed by atoms with Crippen molar-refractivity contribution in [3.63, 3.8) is 0 Å². The van der Waals surface area contributed by atoms with Crippen LogP contribution in [0.15, 0.2) is 30.6 Å². The molecule has 0 radical (unpaired) electrons. The summed E-state index contributed by atoms with van der Waals surface area (Å²) >= 11 is 12.1. The van der Waals surface area contributed by atoms with Crippen LogP contribution in [0.5, 0.6) is 0 Å². The number of aromatic nitrogens is 4. The minimum Gasteiger partial charge on any atom is -0.333 e. The summed E-state index contributed by atoms with van der Waals surface area (Å²) in [6, 6.07) is 6.55. The van der Waals surface area contributed by atoms with Crippen molar-refractivity contribution in [2.24, 2.45) is 0 Å². The SMILES string of the molecule is Cc1cc(C)n(-c2ncnc(Nc3cc(Cl)ccc3Cl)c2[N+](=O)[O-])n1. The molecule has 0 aliphatic rings. The molecule has 0 bridgehead atoms. The van der Waals surface area contributed by atoms with E-state index >= 15 is 0 Å². The summed E-state index contributed by atoms with van der Waals surface area (Å²) in [4.78, 5) is 19.1. The molecule has 0 saturated carbocycles. The number of halogens is 2. The topological polar surface area (TPSA) is 98.8 Å². The number of rotatable bonds is 4. The quantitative estimate of drug-likeness (QED) is 0.538. The van der Waals surface area contributed by atoms with Crippen LogP contribution in [0.3, 0.4) is 0 Å². The number of anilines is 2. The Kier molecular flexibility index (Phi) is 4.56. The van der Waals surface area contributed by atoms with E-state index in [-0.39, 0.29) is 17.3 Å². The van der Waals surface area contributed by atoms with Gasteiger partial charge in [-0.15, -0.1) is 0 Å². The fraction of sp³-hybridized carbons (Fsp3) is 0.133. The van der Waals surface area contributed by atoms with Crippen molar-refractivity contribution in [1.82, 2.24) is 19.7 Å². The third-order valence-corrected chi connectivity index (χ3v) is 3.94. The largest absolute Gasteiger partial charge is 0.355 e. The van der Waals surface area contributed by atoms with E-state index < -0.39 is 4.92 Å². The van der Waals surface area contributed by atoms with Gasteiger partial charge in [-0.3, -0.25) is 10.1 Å². The molecule has 8 nitrogen and oxygen atoms in total. The van der Waals surface area contributed by atoms with Crippen LogP contribution in [-0.2, 0) is 0 Å². The van der Waals surface area contributed by atoms with Gasteiger partial charge in [-0.05, 0) is 38.1 Å². The third-order valence-electron chi connectivity index (χ3n) is 3.38. The Bertz CT molecular complexity index is 973. The van der Waals surface area contributed by atoms with Crippen molar-refractivity contribution in [2.45, 2.75) is 13.8 Å². The first kappa shape index (κ1) is 17.1. The standard InChI is InChI=1S/C15H12Cl2N6O2/c1-8-5-9(2)22(21-8)15-13(23(24)25)14(18-7-19-15)20-12-6-10(16)3-4-11(12)17/h3-7H,1-2H3,(H,18,19,20). The van der Waals surface area contributed by atoms with Gasteiger partial charge < -0.3 is 5.32 Å². The smallest absolute Gasteiger partial charge is 0.333 e. The third kappa shape index (κ3) is 3.40. The van der Waals surface area contributed by atoms with Gasteiger partial charge in [0.1, 0.15) is 6.33 Å². The molecule has 0 saturated heterocycles. The lowest BCUT2D eigenvalue weighted by atomic mass is 10.3. The Labute approximate surface area is 152 Å². The maximum absolute atomic E-state index is 11.7. The predicted molar refractivity (Wildman–Crippen MR) is 95.0 cm³/mol. The molecule has 2 aromatic heterocycles. The number of aryl methyl sites for hydroxylation is 2. The van der Waals surface area contributed by atoms with Gasteiger partial charge in [0, 0.05) is 10.7 Å². The van der Waals surface area contributed by atoms with Crippen LogP contribution in [0.25, 0.3) is 5.82 Å². The minimum atomic E-state index is -0.563. The van der Waals surface area contributed by atoms with Crippen molar-refractivity contribution in [3.8, 4) is 5.82 Å². The zero-order valence-corrected chi connectivity index (χ0v) is 14.7. The molecule has 3 rings (SSSR count). The van der Waals surface area contributed by atoms with Gasteiger partial charge in [-0.2, -0.15) is 5.10 Å². The lowest BCUT2D eigenvalue weighted by Gasteiger charge is -2.10. The molecule has 0 aliphatic heterocycles. The average Bonchev–Trinajstić information content (AvgIpc) is 2.89. The maximum Gasteiger partial charge on any atom is 0.355 e. The van der Waals surface area contributed by atoms with E-state index in [2.05, 4.69) is 20.4 Å². The van der Waals surface area contributed by atoms with Gasteiger partial charge in [0.05, 0.1) is 21.3 Å². The van der Waals surface area contributed by atoms with Crippen molar-refractivity contribution in [2.75, 3.05) is 5.32 Å². The summed E-state index contributed by atoms with van der Waals surface area (Å²) in [5.74, 6) is 0.0537. The van der Waals surface area contributed by atoms with Gasteiger partial charge in [0.25, 0.3) is 0 Å². The Morgan fingerprint density at radius 3 is 2.60 bits per heavy atom. The van der Waals surface area contributed by atoms with Gasteiger partial charge in [-0.25, -0.2) is 14.6 Å². The summed E-state index contributed by atoms with van der Waals surface area (Å²) in [5.41, 5.74) is 1.52. The molecule has 0 fully saturated rings. The van der Waals surface area contributed by atoms with Crippen molar-refractivity contribution >= 4 is 40.4 Å². The highest BCUT2D eigenvalue weighted by atomic mass is 35.5. The molecule has 0 amide bonds. The lowest BCUT2D eigenvalue weighted by Crippen LogP contribution is -2.10.